The summed E-state index contributed by atoms with van der Waals surface area (Å²) in [6, 6.07) is 22.2. The highest BCUT2D eigenvalue weighted by molar-refractivity contribution is 6.30. The van der Waals surface area contributed by atoms with E-state index in [0.717, 1.165) is 29.8 Å². The summed E-state index contributed by atoms with van der Waals surface area (Å²) < 4.78 is 25.7. The van der Waals surface area contributed by atoms with Crippen molar-refractivity contribution in [1.82, 2.24) is 0 Å². The first-order valence-corrected chi connectivity index (χ1v) is 9.92. The predicted molar refractivity (Wildman–Crippen MR) is 110 cm³/mol. The Bertz CT molecular complexity index is 912. The zero-order chi connectivity index (χ0) is 19.3. The molecule has 144 valence electrons. The summed E-state index contributed by atoms with van der Waals surface area (Å²) in [5.74, 6) is 1.04. The lowest BCUT2D eigenvalue weighted by Crippen LogP contribution is -2.03. The third kappa shape index (κ3) is 5.12. The molecule has 0 N–H and O–H groups in total. The zero-order valence-corrected chi connectivity index (χ0v) is 16.2. The van der Waals surface area contributed by atoms with Gasteiger partial charge in [0.2, 0.25) is 0 Å². The van der Waals surface area contributed by atoms with Gasteiger partial charge >= 0.3 is 0 Å². The summed E-state index contributed by atoms with van der Waals surface area (Å²) in [5.41, 5.74) is 2.30. The van der Waals surface area contributed by atoms with Crippen molar-refractivity contribution in [2.24, 2.45) is 5.92 Å². The van der Waals surface area contributed by atoms with E-state index in [9.17, 15) is 4.39 Å². The largest absolute Gasteiger partial charge is 0.454 e. The van der Waals surface area contributed by atoms with E-state index in [1.807, 2.05) is 60.7 Å². The molecular weight excluding hydrogens is 375 g/mol. The Morgan fingerprint density at radius 3 is 2.46 bits per heavy atom. The molecular formula is C24H22ClFO2. The van der Waals surface area contributed by atoms with Crippen LogP contribution < -0.4 is 4.74 Å². The minimum absolute atomic E-state index is 0.268. The maximum absolute atomic E-state index is 14.1. The molecule has 0 saturated heterocycles. The normalized spacial score (nSPS) is 18.1. The van der Waals surface area contributed by atoms with Gasteiger partial charge in [-0.1, -0.05) is 48.0 Å². The van der Waals surface area contributed by atoms with Gasteiger partial charge in [0, 0.05) is 5.02 Å². The predicted octanol–water partition coefficient (Wildman–Crippen LogP) is 6.46. The van der Waals surface area contributed by atoms with Crippen molar-refractivity contribution in [3.63, 3.8) is 0 Å². The van der Waals surface area contributed by atoms with E-state index in [1.54, 1.807) is 6.07 Å². The van der Waals surface area contributed by atoms with Crippen LogP contribution in [-0.2, 0) is 17.6 Å². The van der Waals surface area contributed by atoms with E-state index < -0.39 is 0 Å². The third-order valence-electron chi connectivity index (χ3n) is 4.96. The molecule has 0 spiro atoms. The van der Waals surface area contributed by atoms with Crippen molar-refractivity contribution in [3.8, 4) is 11.5 Å². The average Bonchev–Trinajstić information content (AvgIpc) is 3.44. The first-order chi connectivity index (χ1) is 13.7. The van der Waals surface area contributed by atoms with Crippen LogP contribution in [0.15, 0.2) is 72.8 Å². The SMILES string of the molecule is Fc1ccc(CC2CC2OCCc2ccc(Cl)cc2)cc1Oc1ccccc1. The van der Waals surface area contributed by atoms with Gasteiger partial charge in [-0.3, -0.25) is 0 Å². The van der Waals surface area contributed by atoms with Gasteiger partial charge in [-0.05, 0) is 72.7 Å². The van der Waals surface area contributed by atoms with E-state index >= 15 is 0 Å². The van der Waals surface area contributed by atoms with Gasteiger partial charge < -0.3 is 9.47 Å². The molecule has 28 heavy (non-hydrogen) atoms. The molecule has 0 bridgehead atoms. The van der Waals surface area contributed by atoms with E-state index in [-0.39, 0.29) is 17.7 Å². The van der Waals surface area contributed by atoms with Gasteiger partial charge in [0.25, 0.3) is 0 Å². The molecule has 1 fully saturated rings. The van der Waals surface area contributed by atoms with Crippen LogP contribution in [0.25, 0.3) is 0 Å². The van der Waals surface area contributed by atoms with Crippen LogP contribution >= 0.6 is 11.6 Å². The first-order valence-electron chi connectivity index (χ1n) is 9.55. The minimum atomic E-state index is -0.348. The summed E-state index contributed by atoms with van der Waals surface area (Å²) >= 11 is 5.90. The fraction of sp³-hybridized carbons (Fsp3) is 0.250. The fourth-order valence-electron chi connectivity index (χ4n) is 3.29. The van der Waals surface area contributed by atoms with E-state index in [0.29, 0.717) is 18.3 Å². The number of benzene rings is 3. The lowest BCUT2D eigenvalue weighted by Gasteiger charge is -2.09. The molecule has 2 atom stereocenters. The summed E-state index contributed by atoms with van der Waals surface area (Å²) in [7, 11) is 0. The van der Waals surface area contributed by atoms with Crippen molar-refractivity contribution in [1.29, 1.82) is 0 Å². The molecule has 1 aliphatic carbocycles. The van der Waals surface area contributed by atoms with Gasteiger partial charge in [0.15, 0.2) is 11.6 Å². The van der Waals surface area contributed by atoms with Crippen molar-refractivity contribution in [2.45, 2.75) is 25.4 Å². The highest BCUT2D eigenvalue weighted by Gasteiger charge is 2.37. The molecule has 0 aliphatic heterocycles. The molecule has 3 aromatic carbocycles. The minimum Gasteiger partial charge on any atom is -0.454 e. The second kappa shape index (κ2) is 8.76. The van der Waals surface area contributed by atoms with Crippen LogP contribution in [-0.4, -0.2) is 12.7 Å². The van der Waals surface area contributed by atoms with Gasteiger partial charge in [0.1, 0.15) is 5.75 Å². The molecule has 3 aromatic rings. The number of rotatable bonds is 8. The molecule has 0 amide bonds. The lowest BCUT2D eigenvalue weighted by atomic mass is 10.1. The lowest BCUT2D eigenvalue weighted by molar-refractivity contribution is 0.111. The molecule has 0 radical (unpaired) electrons. The van der Waals surface area contributed by atoms with Gasteiger partial charge in [-0.15, -0.1) is 0 Å². The van der Waals surface area contributed by atoms with Crippen LogP contribution in [0.5, 0.6) is 11.5 Å². The summed E-state index contributed by atoms with van der Waals surface area (Å²) in [4.78, 5) is 0. The van der Waals surface area contributed by atoms with Crippen LogP contribution in [0, 0.1) is 11.7 Å². The van der Waals surface area contributed by atoms with Crippen molar-refractivity contribution < 1.29 is 13.9 Å². The zero-order valence-electron chi connectivity index (χ0n) is 15.5. The number of hydrogen-bond donors (Lipinski definition) is 0. The Hall–Kier alpha value is -2.36. The standard InChI is InChI=1S/C24H22ClFO2/c25-20-9-6-17(7-10-20)12-13-27-23-16-19(23)14-18-8-11-22(26)24(15-18)28-21-4-2-1-3-5-21/h1-11,15,19,23H,12-14,16H2. The maximum atomic E-state index is 14.1. The average molecular weight is 397 g/mol. The van der Waals surface area contributed by atoms with E-state index in [1.165, 1.54) is 11.6 Å². The van der Waals surface area contributed by atoms with Gasteiger partial charge in [0.05, 0.1) is 12.7 Å². The maximum Gasteiger partial charge on any atom is 0.165 e. The second-order valence-corrected chi connectivity index (χ2v) is 7.60. The topological polar surface area (TPSA) is 18.5 Å². The number of para-hydroxylation sites is 1. The van der Waals surface area contributed by atoms with E-state index in [2.05, 4.69) is 0 Å². The Balaban J connectivity index is 1.27. The van der Waals surface area contributed by atoms with Crippen LogP contribution in [0.4, 0.5) is 4.39 Å². The number of ether oxygens (including phenoxy) is 2. The van der Waals surface area contributed by atoms with Gasteiger partial charge in [-0.25, -0.2) is 4.39 Å². The summed E-state index contributed by atoms with van der Waals surface area (Å²) in [6.45, 7) is 0.703. The summed E-state index contributed by atoms with van der Waals surface area (Å²) in [6.07, 6.45) is 3.09. The first kappa shape index (κ1) is 19.0. The number of hydrogen-bond acceptors (Lipinski definition) is 2. The van der Waals surface area contributed by atoms with E-state index in [4.69, 9.17) is 21.1 Å². The summed E-state index contributed by atoms with van der Waals surface area (Å²) in [5, 5.41) is 0.752. The monoisotopic (exact) mass is 396 g/mol. The molecule has 1 saturated carbocycles. The highest BCUT2D eigenvalue weighted by Crippen LogP contribution is 2.38. The molecule has 4 rings (SSSR count). The fourth-order valence-corrected chi connectivity index (χ4v) is 3.42. The van der Waals surface area contributed by atoms with Crippen molar-refractivity contribution >= 4 is 11.6 Å². The second-order valence-electron chi connectivity index (χ2n) is 7.17. The van der Waals surface area contributed by atoms with Crippen molar-refractivity contribution in [2.75, 3.05) is 6.61 Å². The Kier molecular flexibility index (Phi) is 5.94. The number of halogens is 2. The molecule has 0 heterocycles. The quantitative estimate of drug-likeness (QED) is 0.435. The Labute approximate surface area is 169 Å². The molecule has 4 heteroatoms. The van der Waals surface area contributed by atoms with Crippen LogP contribution in [0.1, 0.15) is 17.5 Å². The van der Waals surface area contributed by atoms with Crippen LogP contribution in [0.3, 0.4) is 0 Å². The van der Waals surface area contributed by atoms with Crippen molar-refractivity contribution in [3.05, 3.63) is 94.8 Å². The molecule has 0 aromatic heterocycles. The van der Waals surface area contributed by atoms with Gasteiger partial charge in [-0.2, -0.15) is 0 Å². The molecule has 2 nitrogen and oxygen atoms in total. The third-order valence-corrected chi connectivity index (χ3v) is 5.21. The van der Waals surface area contributed by atoms with Crippen LogP contribution in [0.2, 0.25) is 5.02 Å². The Morgan fingerprint density at radius 2 is 1.68 bits per heavy atom. The molecule has 2 unspecified atom stereocenters. The smallest absolute Gasteiger partial charge is 0.165 e. The molecule has 1 aliphatic rings. The highest BCUT2D eigenvalue weighted by atomic mass is 35.5. The Morgan fingerprint density at radius 1 is 0.929 bits per heavy atom.